The summed E-state index contributed by atoms with van der Waals surface area (Å²) in [5, 5.41) is 10.7. The molecule has 0 rings (SSSR count). The van der Waals surface area contributed by atoms with Crippen LogP contribution in [0.5, 0.6) is 0 Å². The zero-order valence-electron chi connectivity index (χ0n) is 9.09. The molecule has 0 saturated heterocycles. The van der Waals surface area contributed by atoms with Crippen molar-refractivity contribution in [3.63, 3.8) is 0 Å². The van der Waals surface area contributed by atoms with Gasteiger partial charge < -0.3 is 0 Å². The molecular weight excluding hydrogens is 160 g/mol. The van der Waals surface area contributed by atoms with E-state index in [1.165, 1.54) is 32.1 Å². The average Bonchev–Trinajstić information content (AvgIpc) is 2.09. The first-order chi connectivity index (χ1) is 6.27. The molecule has 0 fully saturated rings. The monoisotopic (exact) mass is 183 g/mol. The minimum Gasteiger partial charge on any atom is -0.233 e. The summed E-state index contributed by atoms with van der Waals surface area (Å²) in [6, 6.07) is 0. The fourth-order valence-electron chi connectivity index (χ4n) is 1.27. The van der Waals surface area contributed by atoms with E-state index in [2.05, 4.69) is 19.1 Å². The standard InChI is InChI=1S/C12H23O/c1-3-4-5-6-7-8-9-10-11-12(2)13/h5-6,12H,3-4,7-11H2,1-2H3. The van der Waals surface area contributed by atoms with Crippen molar-refractivity contribution in [3.8, 4) is 0 Å². The van der Waals surface area contributed by atoms with Gasteiger partial charge in [-0.3, -0.25) is 0 Å². The van der Waals surface area contributed by atoms with Gasteiger partial charge in [-0.05, 0) is 32.6 Å². The molecule has 1 unspecified atom stereocenters. The number of allylic oxidation sites excluding steroid dienone is 2. The Morgan fingerprint density at radius 3 is 2.38 bits per heavy atom. The predicted molar refractivity (Wildman–Crippen MR) is 57.3 cm³/mol. The van der Waals surface area contributed by atoms with Gasteiger partial charge in [-0.1, -0.05) is 38.3 Å². The molecule has 13 heavy (non-hydrogen) atoms. The van der Waals surface area contributed by atoms with Gasteiger partial charge in [-0.25, -0.2) is 5.11 Å². The minimum atomic E-state index is -0.365. The maximum atomic E-state index is 10.7. The Labute approximate surface area is 82.9 Å². The molecule has 0 spiro atoms. The highest BCUT2D eigenvalue weighted by Crippen LogP contribution is 2.06. The maximum absolute atomic E-state index is 10.7. The third-order valence-electron chi connectivity index (χ3n) is 2.10. The molecule has 0 aliphatic carbocycles. The van der Waals surface area contributed by atoms with Gasteiger partial charge >= 0.3 is 0 Å². The van der Waals surface area contributed by atoms with Gasteiger partial charge in [0.25, 0.3) is 0 Å². The summed E-state index contributed by atoms with van der Waals surface area (Å²) >= 11 is 0. The topological polar surface area (TPSA) is 19.9 Å². The molecule has 0 aromatic heterocycles. The van der Waals surface area contributed by atoms with E-state index in [0.29, 0.717) is 0 Å². The van der Waals surface area contributed by atoms with Crippen molar-refractivity contribution in [2.45, 2.75) is 64.9 Å². The molecule has 0 saturated carbocycles. The van der Waals surface area contributed by atoms with Crippen LogP contribution >= 0.6 is 0 Å². The van der Waals surface area contributed by atoms with Crippen molar-refractivity contribution in [2.24, 2.45) is 0 Å². The summed E-state index contributed by atoms with van der Waals surface area (Å²) in [5.41, 5.74) is 0. The third-order valence-corrected chi connectivity index (χ3v) is 2.10. The van der Waals surface area contributed by atoms with E-state index >= 15 is 0 Å². The lowest BCUT2D eigenvalue weighted by Crippen LogP contribution is -1.95. The Kier molecular flexibility index (Phi) is 9.56. The number of hydrogen-bond acceptors (Lipinski definition) is 0. The van der Waals surface area contributed by atoms with Crippen LogP contribution in [0.4, 0.5) is 0 Å². The van der Waals surface area contributed by atoms with Gasteiger partial charge in [0.1, 0.15) is 0 Å². The van der Waals surface area contributed by atoms with E-state index in [1.807, 2.05) is 0 Å². The second-order valence-corrected chi connectivity index (χ2v) is 3.71. The van der Waals surface area contributed by atoms with Crippen LogP contribution in [0.2, 0.25) is 0 Å². The third kappa shape index (κ3) is 11.7. The van der Waals surface area contributed by atoms with E-state index in [0.717, 1.165) is 12.8 Å². The molecule has 0 aromatic rings. The fourth-order valence-corrected chi connectivity index (χ4v) is 1.27. The Bertz CT molecular complexity index is 116. The molecule has 1 atom stereocenters. The molecule has 0 aliphatic heterocycles. The molecule has 0 N–H and O–H groups in total. The van der Waals surface area contributed by atoms with E-state index in [-0.39, 0.29) is 6.10 Å². The quantitative estimate of drug-likeness (QED) is 0.398. The number of rotatable bonds is 8. The summed E-state index contributed by atoms with van der Waals surface area (Å²) in [4.78, 5) is 0. The highest BCUT2D eigenvalue weighted by atomic mass is 16.3. The molecule has 1 nitrogen and oxygen atoms in total. The lowest BCUT2D eigenvalue weighted by molar-refractivity contribution is 0.0951. The molecule has 1 heteroatoms. The largest absolute Gasteiger partial charge is 0.233 e. The SMILES string of the molecule is CCCC=CCCCCCC(C)[O]. The molecule has 77 valence electrons. The van der Waals surface area contributed by atoms with Crippen LogP contribution in [0, 0.1) is 0 Å². The predicted octanol–water partition coefficient (Wildman–Crippen LogP) is 4.11. The fraction of sp³-hybridized carbons (Fsp3) is 0.833. The molecule has 1 radical (unpaired) electrons. The van der Waals surface area contributed by atoms with Gasteiger partial charge in [0.2, 0.25) is 0 Å². The van der Waals surface area contributed by atoms with Crippen LogP contribution < -0.4 is 0 Å². The lowest BCUT2D eigenvalue weighted by atomic mass is 10.1. The Morgan fingerprint density at radius 2 is 1.77 bits per heavy atom. The second-order valence-electron chi connectivity index (χ2n) is 3.71. The van der Waals surface area contributed by atoms with Crippen molar-refractivity contribution >= 4 is 0 Å². The summed E-state index contributed by atoms with van der Waals surface area (Å²) in [6.45, 7) is 3.95. The van der Waals surface area contributed by atoms with Crippen molar-refractivity contribution in [1.82, 2.24) is 0 Å². The van der Waals surface area contributed by atoms with Gasteiger partial charge in [-0.15, -0.1) is 0 Å². The van der Waals surface area contributed by atoms with Crippen molar-refractivity contribution in [2.75, 3.05) is 0 Å². The zero-order valence-corrected chi connectivity index (χ0v) is 9.09. The molecule has 0 aromatic carbocycles. The molecule has 0 heterocycles. The van der Waals surface area contributed by atoms with Gasteiger partial charge in [0.15, 0.2) is 0 Å². The minimum absolute atomic E-state index is 0.365. The van der Waals surface area contributed by atoms with Crippen LogP contribution in [0.15, 0.2) is 12.2 Å². The van der Waals surface area contributed by atoms with Crippen LogP contribution in [0.25, 0.3) is 0 Å². The summed E-state index contributed by atoms with van der Waals surface area (Å²) in [7, 11) is 0. The zero-order chi connectivity index (χ0) is 9.94. The normalized spacial score (nSPS) is 13.8. The van der Waals surface area contributed by atoms with Crippen molar-refractivity contribution < 1.29 is 5.11 Å². The summed E-state index contributed by atoms with van der Waals surface area (Å²) in [6.07, 6.45) is 12.2. The lowest BCUT2D eigenvalue weighted by Gasteiger charge is -1.99. The van der Waals surface area contributed by atoms with E-state index in [1.54, 1.807) is 6.92 Å². The Balaban J connectivity index is 2.99. The Morgan fingerprint density at radius 1 is 1.08 bits per heavy atom. The summed E-state index contributed by atoms with van der Waals surface area (Å²) in [5.74, 6) is 0. The van der Waals surface area contributed by atoms with E-state index < -0.39 is 0 Å². The van der Waals surface area contributed by atoms with E-state index in [4.69, 9.17) is 0 Å². The Hall–Kier alpha value is -0.300. The van der Waals surface area contributed by atoms with Crippen molar-refractivity contribution in [3.05, 3.63) is 12.2 Å². The van der Waals surface area contributed by atoms with Gasteiger partial charge in [0.05, 0.1) is 6.10 Å². The molecule has 0 bridgehead atoms. The van der Waals surface area contributed by atoms with Gasteiger partial charge in [0, 0.05) is 0 Å². The number of unbranched alkanes of at least 4 members (excludes halogenated alkanes) is 4. The molecule has 0 amide bonds. The maximum Gasteiger partial charge on any atom is 0.0902 e. The smallest absolute Gasteiger partial charge is 0.0902 e. The van der Waals surface area contributed by atoms with Crippen LogP contribution in [0.1, 0.15) is 58.8 Å². The van der Waals surface area contributed by atoms with Crippen LogP contribution in [0.3, 0.4) is 0 Å². The number of hydrogen-bond donors (Lipinski definition) is 0. The van der Waals surface area contributed by atoms with E-state index in [9.17, 15) is 5.11 Å². The first-order valence-electron chi connectivity index (χ1n) is 5.58. The highest BCUT2D eigenvalue weighted by molar-refractivity contribution is 4.80. The first-order valence-corrected chi connectivity index (χ1v) is 5.58. The summed E-state index contributed by atoms with van der Waals surface area (Å²) < 4.78 is 0. The van der Waals surface area contributed by atoms with Crippen molar-refractivity contribution in [1.29, 1.82) is 0 Å². The van der Waals surface area contributed by atoms with Crippen LogP contribution in [-0.4, -0.2) is 6.10 Å². The average molecular weight is 183 g/mol. The highest BCUT2D eigenvalue weighted by Gasteiger charge is 1.95. The van der Waals surface area contributed by atoms with Gasteiger partial charge in [-0.2, -0.15) is 0 Å². The van der Waals surface area contributed by atoms with Crippen LogP contribution in [-0.2, 0) is 5.11 Å². The molecule has 0 aliphatic rings. The second kappa shape index (κ2) is 9.79. The molecular formula is C12H23O. The first kappa shape index (κ1) is 12.7.